The summed E-state index contributed by atoms with van der Waals surface area (Å²) in [4.78, 5) is 35.0. The summed E-state index contributed by atoms with van der Waals surface area (Å²) >= 11 is 5.87. The summed E-state index contributed by atoms with van der Waals surface area (Å²) in [5.41, 5.74) is 0.350. The number of carbonyl (C=O) groups excluding carboxylic acids is 2. The largest absolute Gasteiger partial charge is 0.492 e. The van der Waals surface area contributed by atoms with E-state index >= 15 is 0 Å². The molecule has 0 N–H and O–H groups in total. The number of piperazine rings is 1. The molecule has 1 fully saturated rings. The SMILES string of the molecule is CN1CCn2cc(C(=O)N3CCN(CCOc4ccc(Cl)cc4)CC3)nc2C1=O. The van der Waals surface area contributed by atoms with Gasteiger partial charge in [0.05, 0.1) is 0 Å². The third-order valence-corrected chi connectivity index (χ3v) is 5.61. The maximum absolute atomic E-state index is 12.8. The number of hydrogen-bond acceptors (Lipinski definition) is 5. The van der Waals surface area contributed by atoms with E-state index in [1.165, 1.54) is 0 Å². The van der Waals surface area contributed by atoms with E-state index in [-0.39, 0.29) is 11.8 Å². The lowest BCUT2D eigenvalue weighted by Gasteiger charge is -2.34. The highest BCUT2D eigenvalue weighted by Crippen LogP contribution is 2.16. The third kappa shape index (κ3) is 4.38. The molecule has 29 heavy (non-hydrogen) atoms. The van der Waals surface area contributed by atoms with Gasteiger partial charge in [0.2, 0.25) is 0 Å². The molecular formula is C20H24ClN5O3. The second kappa shape index (κ2) is 8.42. The van der Waals surface area contributed by atoms with Crippen LogP contribution in [-0.2, 0) is 6.54 Å². The molecule has 0 bridgehead atoms. The van der Waals surface area contributed by atoms with Crippen LogP contribution < -0.4 is 4.74 Å². The van der Waals surface area contributed by atoms with Crippen molar-refractivity contribution in [3.8, 4) is 5.75 Å². The highest BCUT2D eigenvalue weighted by molar-refractivity contribution is 6.30. The van der Waals surface area contributed by atoms with E-state index in [1.54, 1.807) is 39.7 Å². The number of imidazole rings is 1. The topological polar surface area (TPSA) is 70.9 Å². The van der Waals surface area contributed by atoms with E-state index < -0.39 is 0 Å². The van der Waals surface area contributed by atoms with Crippen molar-refractivity contribution in [1.82, 2.24) is 24.3 Å². The van der Waals surface area contributed by atoms with Gasteiger partial charge in [0.1, 0.15) is 18.1 Å². The summed E-state index contributed by atoms with van der Waals surface area (Å²) in [6, 6.07) is 7.32. The Morgan fingerprint density at radius 2 is 1.83 bits per heavy atom. The van der Waals surface area contributed by atoms with Gasteiger partial charge in [-0.25, -0.2) is 4.98 Å². The Balaban J connectivity index is 1.26. The fourth-order valence-electron chi connectivity index (χ4n) is 3.55. The zero-order valence-electron chi connectivity index (χ0n) is 16.4. The number of hydrogen-bond donors (Lipinski definition) is 0. The first kappa shape index (κ1) is 19.7. The molecule has 9 heteroatoms. The van der Waals surface area contributed by atoms with Crippen LogP contribution in [0, 0.1) is 0 Å². The summed E-state index contributed by atoms with van der Waals surface area (Å²) in [5, 5.41) is 0.688. The molecule has 0 atom stereocenters. The van der Waals surface area contributed by atoms with E-state index in [4.69, 9.17) is 16.3 Å². The number of benzene rings is 1. The minimum atomic E-state index is -0.138. The van der Waals surface area contributed by atoms with Crippen LogP contribution in [0.3, 0.4) is 0 Å². The Morgan fingerprint density at radius 3 is 2.55 bits per heavy atom. The van der Waals surface area contributed by atoms with Crippen LogP contribution in [0.1, 0.15) is 21.1 Å². The normalized spacial score (nSPS) is 17.4. The smallest absolute Gasteiger partial charge is 0.289 e. The van der Waals surface area contributed by atoms with E-state index in [9.17, 15) is 9.59 Å². The Kier molecular flexibility index (Phi) is 5.73. The van der Waals surface area contributed by atoms with Gasteiger partial charge in [0.25, 0.3) is 11.8 Å². The van der Waals surface area contributed by atoms with Crippen LogP contribution in [0.2, 0.25) is 5.02 Å². The van der Waals surface area contributed by atoms with E-state index in [2.05, 4.69) is 9.88 Å². The van der Waals surface area contributed by atoms with Gasteiger partial charge in [-0.2, -0.15) is 0 Å². The molecule has 2 aliphatic heterocycles. The number of aromatic nitrogens is 2. The number of likely N-dealkylation sites (N-methyl/N-ethyl adjacent to an activating group) is 1. The Bertz CT molecular complexity index is 890. The average molecular weight is 418 g/mol. The molecule has 0 radical (unpaired) electrons. The minimum Gasteiger partial charge on any atom is -0.492 e. The summed E-state index contributed by atoms with van der Waals surface area (Å²) in [6.07, 6.45) is 1.70. The number of fused-ring (bicyclic) bond motifs is 1. The Morgan fingerprint density at radius 1 is 1.10 bits per heavy atom. The van der Waals surface area contributed by atoms with E-state index in [1.807, 2.05) is 12.1 Å². The molecule has 2 amide bonds. The lowest BCUT2D eigenvalue weighted by molar-refractivity contribution is 0.0615. The number of carbonyl (C=O) groups is 2. The lowest BCUT2D eigenvalue weighted by atomic mass is 10.3. The standard InChI is InChI=1S/C20H24ClN5O3/c1-23-6-9-26-14-17(22-18(26)20(23)28)19(27)25-10-7-24(8-11-25)12-13-29-16-4-2-15(21)3-5-16/h2-5,14H,6-13H2,1H3. The van der Waals surface area contributed by atoms with Gasteiger partial charge in [-0.05, 0) is 24.3 Å². The van der Waals surface area contributed by atoms with Crippen molar-refractivity contribution in [3.63, 3.8) is 0 Å². The summed E-state index contributed by atoms with van der Waals surface area (Å²) in [5.74, 6) is 0.896. The van der Waals surface area contributed by atoms with Crippen LogP contribution in [-0.4, -0.2) is 89.0 Å². The van der Waals surface area contributed by atoms with Crippen molar-refractivity contribution in [2.75, 3.05) is 52.9 Å². The van der Waals surface area contributed by atoms with Crippen molar-refractivity contribution in [2.24, 2.45) is 0 Å². The first-order chi connectivity index (χ1) is 14.0. The first-order valence-electron chi connectivity index (χ1n) is 9.74. The third-order valence-electron chi connectivity index (χ3n) is 5.36. The average Bonchev–Trinajstić information content (AvgIpc) is 3.17. The molecule has 3 heterocycles. The molecule has 1 aromatic carbocycles. The maximum atomic E-state index is 12.8. The predicted octanol–water partition coefficient (Wildman–Crippen LogP) is 1.46. The lowest BCUT2D eigenvalue weighted by Crippen LogP contribution is -2.49. The summed E-state index contributed by atoms with van der Waals surface area (Å²) < 4.78 is 7.52. The van der Waals surface area contributed by atoms with Crippen molar-refractivity contribution in [2.45, 2.75) is 6.54 Å². The molecule has 8 nitrogen and oxygen atoms in total. The Hall–Kier alpha value is -2.58. The van der Waals surface area contributed by atoms with Gasteiger partial charge in [0, 0.05) is 64.1 Å². The molecule has 2 aromatic rings. The molecule has 1 aromatic heterocycles. The van der Waals surface area contributed by atoms with Crippen LogP contribution in [0.25, 0.3) is 0 Å². The monoisotopic (exact) mass is 417 g/mol. The van der Waals surface area contributed by atoms with E-state index in [0.717, 1.165) is 25.4 Å². The predicted molar refractivity (Wildman–Crippen MR) is 108 cm³/mol. The number of rotatable bonds is 5. The molecule has 1 saturated heterocycles. The van der Waals surface area contributed by atoms with Gasteiger partial charge < -0.3 is 19.1 Å². The molecule has 0 spiro atoms. The van der Waals surface area contributed by atoms with Gasteiger partial charge >= 0.3 is 0 Å². The summed E-state index contributed by atoms with van der Waals surface area (Å²) in [6.45, 7) is 5.51. The number of ether oxygens (including phenoxy) is 1. The molecule has 4 rings (SSSR count). The van der Waals surface area contributed by atoms with Crippen LogP contribution >= 0.6 is 11.6 Å². The second-order valence-electron chi connectivity index (χ2n) is 7.31. The molecule has 2 aliphatic rings. The van der Waals surface area contributed by atoms with Crippen molar-refractivity contribution in [3.05, 3.63) is 47.0 Å². The van der Waals surface area contributed by atoms with Gasteiger partial charge in [0.15, 0.2) is 5.82 Å². The fourth-order valence-corrected chi connectivity index (χ4v) is 3.68. The van der Waals surface area contributed by atoms with Crippen LogP contribution in [0.15, 0.2) is 30.5 Å². The summed E-state index contributed by atoms with van der Waals surface area (Å²) in [7, 11) is 1.75. The zero-order chi connectivity index (χ0) is 20.4. The molecule has 0 saturated carbocycles. The van der Waals surface area contributed by atoms with Gasteiger partial charge in [-0.15, -0.1) is 0 Å². The number of amides is 2. The molecule has 154 valence electrons. The highest BCUT2D eigenvalue weighted by Gasteiger charge is 2.29. The van der Waals surface area contributed by atoms with Gasteiger partial charge in [-0.1, -0.05) is 11.6 Å². The van der Waals surface area contributed by atoms with E-state index in [0.29, 0.717) is 49.3 Å². The molecular weight excluding hydrogens is 394 g/mol. The number of halogens is 1. The highest BCUT2D eigenvalue weighted by atomic mass is 35.5. The molecule has 0 unspecified atom stereocenters. The number of nitrogens with zero attached hydrogens (tertiary/aromatic N) is 5. The quantitative estimate of drug-likeness (QED) is 0.736. The van der Waals surface area contributed by atoms with Crippen molar-refractivity contribution in [1.29, 1.82) is 0 Å². The van der Waals surface area contributed by atoms with Crippen LogP contribution in [0.4, 0.5) is 0 Å². The fraction of sp³-hybridized carbons (Fsp3) is 0.450. The minimum absolute atomic E-state index is 0.112. The molecule has 0 aliphatic carbocycles. The second-order valence-corrected chi connectivity index (χ2v) is 7.74. The Labute approximate surface area is 174 Å². The maximum Gasteiger partial charge on any atom is 0.289 e. The van der Waals surface area contributed by atoms with Crippen molar-refractivity contribution < 1.29 is 14.3 Å². The van der Waals surface area contributed by atoms with Crippen molar-refractivity contribution >= 4 is 23.4 Å². The van der Waals surface area contributed by atoms with Gasteiger partial charge in [-0.3, -0.25) is 14.5 Å². The zero-order valence-corrected chi connectivity index (χ0v) is 17.1. The van der Waals surface area contributed by atoms with Crippen LogP contribution in [0.5, 0.6) is 5.75 Å². The first-order valence-corrected chi connectivity index (χ1v) is 10.1.